The van der Waals surface area contributed by atoms with Gasteiger partial charge in [-0.3, -0.25) is 0 Å². The van der Waals surface area contributed by atoms with E-state index in [1.165, 1.54) is 16.7 Å². The number of aryl methyl sites for hydroxylation is 1. The van der Waals surface area contributed by atoms with E-state index in [0.29, 0.717) is 6.01 Å². The maximum Gasteiger partial charge on any atom is 0.316 e. The molecule has 5 nitrogen and oxygen atoms in total. The van der Waals surface area contributed by atoms with E-state index in [1.807, 2.05) is 12.3 Å². The fourth-order valence-electron chi connectivity index (χ4n) is 2.79. The fraction of sp³-hybridized carbons (Fsp3) is 0.278. The molecule has 1 aromatic carbocycles. The maximum absolute atomic E-state index is 5.13. The van der Waals surface area contributed by atoms with Gasteiger partial charge in [0.15, 0.2) is 0 Å². The van der Waals surface area contributed by atoms with Crippen LogP contribution in [-0.2, 0) is 6.42 Å². The molecule has 0 unspecified atom stereocenters. The number of nitrogens with zero attached hydrogens (tertiary/aromatic N) is 3. The molecule has 3 aromatic rings. The first kappa shape index (κ1) is 15.2. The number of aromatic nitrogens is 4. The Kier molecular flexibility index (Phi) is 4.37. The molecule has 0 aliphatic carbocycles. The number of hydrogen-bond donors (Lipinski definition) is 1. The Hall–Kier alpha value is -2.69. The van der Waals surface area contributed by atoms with Gasteiger partial charge in [0.25, 0.3) is 0 Å². The van der Waals surface area contributed by atoms with Crippen molar-refractivity contribution in [3.8, 4) is 6.01 Å². The van der Waals surface area contributed by atoms with Gasteiger partial charge < -0.3 is 9.72 Å². The van der Waals surface area contributed by atoms with Crippen LogP contribution in [-0.4, -0.2) is 27.0 Å². The summed E-state index contributed by atoms with van der Waals surface area (Å²) in [5, 5.41) is 0. The summed E-state index contributed by atoms with van der Waals surface area (Å²) < 4.78 is 5.13. The molecule has 0 saturated carbocycles. The van der Waals surface area contributed by atoms with Crippen molar-refractivity contribution < 1.29 is 4.74 Å². The van der Waals surface area contributed by atoms with Crippen molar-refractivity contribution in [2.24, 2.45) is 0 Å². The van der Waals surface area contributed by atoms with Gasteiger partial charge in [0.2, 0.25) is 0 Å². The molecule has 118 valence electrons. The number of hydrogen-bond acceptors (Lipinski definition) is 4. The molecule has 0 fully saturated rings. The molecular weight excluding hydrogens is 288 g/mol. The highest BCUT2D eigenvalue weighted by molar-refractivity contribution is 5.40. The number of aromatic amines is 1. The molecule has 0 saturated heterocycles. The van der Waals surface area contributed by atoms with Gasteiger partial charge >= 0.3 is 6.01 Å². The normalized spacial score (nSPS) is 12.1. The average molecular weight is 308 g/mol. The molecule has 0 radical (unpaired) electrons. The van der Waals surface area contributed by atoms with Gasteiger partial charge in [-0.1, -0.05) is 18.2 Å². The van der Waals surface area contributed by atoms with Crippen molar-refractivity contribution in [2.75, 3.05) is 7.11 Å². The van der Waals surface area contributed by atoms with Crippen LogP contribution in [0.15, 0.2) is 43.0 Å². The number of ether oxygens (including phenoxy) is 1. The van der Waals surface area contributed by atoms with Gasteiger partial charge in [0.05, 0.1) is 13.4 Å². The number of imidazole rings is 1. The SMILES string of the molecule is COc1nccc(C[C@H](c2cnc[nH]2)c2cccc(C)c2C)n1. The second-order valence-corrected chi connectivity index (χ2v) is 5.59. The second-order valence-electron chi connectivity index (χ2n) is 5.59. The topological polar surface area (TPSA) is 63.7 Å². The lowest BCUT2D eigenvalue weighted by atomic mass is 9.87. The lowest BCUT2D eigenvalue weighted by Crippen LogP contribution is -2.10. The summed E-state index contributed by atoms with van der Waals surface area (Å²) in [6, 6.07) is 8.73. The van der Waals surface area contributed by atoms with Crippen LogP contribution in [0, 0.1) is 13.8 Å². The third-order valence-corrected chi connectivity index (χ3v) is 4.20. The largest absolute Gasteiger partial charge is 0.467 e. The third-order valence-electron chi connectivity index (χ3n) is 4.20. The molecule has 0 spiro atoms. The van der Waals surface area contributed by atoms with Gasteiger partial charge in [-0.2, -0.15) is 0 Å². The maximum atomic E-state index is 5.13. The molecule has 23 heavy (non-hydrogen) atoms. The van der Waals surface area contributed by atoms with Crippen LogP contribution in [0.3, 0.4) is 0 Å². The number of benzene rings is 1. The molecule has 2 heterocycles. The molecule has 0 amide bonds. The van der Waals surface area contributed by atoms with Crippen LogP contribution in [0.25, 0.3) is 0 Å². The Bertz CT molecular complexity index is 783. The average Bonchev–Trinajstić information content (AvgIpc) is 3.10. The Labute approximate surface area is 135 Å². The van der Waals surface area contributed by atoms with E-state index in [1.54, 1.807) is 19.6 Å². The molecule has 0 aliphatic heterocycles. The number of nitrogens with one attached hydrogen (secondary N) is 1. The van der Waals surface area contributed by atoms with Crippen molar-refractivity contribution in [1.82, 2.24) is 19.9 Å². The summed E-state index contributed by atoms with van der Waals surface area (Å²) in [7, 11) is 1.58. The summed E-state index contributed by atoms with van der Waals surface area (Å²) >= 11 is 0. The summed E-state index contributed by atoms with van der Waals surface area (Å²) in [6.45, 7) is 4.30. The molecular formula is C18H20N4O. The van der Waals surface area contributed by atoms with Crippen LogP contribution in [0.1, 0.15) is 34.0 Å². The zero-order valence-electron chi connectivity index (χ0n) is 13.6. The monoisotopic (exact) mass is 308 g/mol. The number of H-pyrrole nitrogens is 1. The Morgan fingerprint density at radius 3 is 2.83 bits per heavy atom. The van der Waals surface area contributed by atoms with Crippen molar-refractivity contribution in [1.29, 1.82) is 0 Å². The minimum Gasteiger partial charge on any atom is -0.467 e. The Morgan fingerprint density at radius 1 is 1.22 bits per heavy atom. The van der Waals surface area contributed by atoms with Crippen LogP contribution >= 0.6 is 0 Å². The molecule has 3 rings (SSSR count). The lowest BCUT2D eigenvalue weighted by molar-refractivity contribution is 0.377. The minimum atomic E-state index is 0.164. The van der Waals surface area contributed by atoms with Crippen LogP contribution in [0.4, 0.5) is 0 Å². The fourth-order valence-corrected chi connectivity index (χ4v) is 2.79. The molecule has 1 N–H and O–H groups in total. The van der Waals surface area contributed by atoms with Gasteiger partial charge in [-0.25, -0.2) is 15.0 Å². The van der Waals surface area contributed by atoms with E-state index in [2.05, 4.69) is 52.0 Å². The van der Waals surface area contributed by atoms with E-state index in [4.69, 9.17) is 4.74 Å². The van der Waals surface area contributed by atoms with Gasteiger partial charge in [0.1, 0.15) is 0 Å². The van der Waals surface area contributed by atoms with E-state index in [-0.39, 0.29) is 5.92 Å². The number of methoxy groups -OCH3 is 1. The smallest absolute Gasteiger partial charge is 0.316 e. The summed E-state index contributed by atoms with van der Waals surface area (Å²) in [5.41, 5.74) is 5.89. The minimum absolute atomic E-state index is 0.164. The van der Waals surface area contributed by atoms with Crippen LogP contribution < -0.4 is 4.74 Å². The first-order valence-electron chi connectivity index (χ1n) is 7.59. The summed E-state index contributed by atoms with van der Waals surface area (Å²) in [5.74, 6) is 0.164. The zero-order valence-corrected chi connectivity index (χ0v) is 13.6. The molecule has 2 aromatic heterocycles. The highest BCUT2D eigenvalue weighted by Crippen LogP contribution is 2.30. The van der Waals surface area contributed by atoms with Crippen molar-refractivity contribution in [2.45, 2.75) is 26.2 Å². The third kappa shape index (κ3) is 3.23. The van der Waals surface area contributed by atoms with Crippen LogP contribution in [0.5, 0.6) is 6.01 Å². The summed E-state index contributed by atoms with van der Waals surface area (Å²) in [4.78, 5) is 16.0. The quantitative estimate of drug-likeness (QED) is 0.786. The van der Waals surface area contributed by atoms with Crippen molar-refractivity contribution >= 4 is 0 Å². The molecule has 0 bridgehead atoms. The molecule has 5 heteroatoms. The van der Waals surface area contributed by atoms with E-state index in [9.17, 15) is 0 Å². The number of rotatable bonds is 5. The van der Waals surface area contributed by atoms with Crippen molar-refractivity contribution in [3.63, 3.8) is 0 Å². The standard InChI is InChI=1S/C18H20N4O/c1-12-5-4-6-15(13(12)2)16(17-10-19-11-21-17)9-14-7-8-20-18(22-14)23-3/h4-8,10-11,16H,9H2,1-3H3,(H,19,21)/t16-/m0/s1. The summed E-state index contributed by atoms with van der Waals surface area (Å²) in [6.07, 6.45) is 6.08. The van der Waals surface area contributed by atoms with Gasteiger partial charge in [-0.15, -0.1) is 0 Å². The highest BCUT2D eigenvalue weighted by Gasteiger charge is 2.20. The van der Waals surface area contributed by atoms with E-state index in [0.717, 1.165) is 17.8 Å². The highest BCUT2D eigenvalue weighted by atomic mass is 16.5. The Morgan fingerprint density at radius 2 is 2.09 bits per heavy atom. The zero-order chi connectivity index (χ0) is 16.2. The van der Waals surface area contributed by atoms with E-state index < -0.39 is 0 Å². The first-order valence-corrected chi connectivity index (χ1v) is 7.59. The second kappa shape index (κ2) is 6.60. The lowest BCUT2D eigenvalue weighted by Gasteiger charge is -2.19. The molecule has 1 atom stereocenters. The van der Waals surface area contributed by atoms with Crippen LogP contribution in [0.2, 0.25) is 0 Å². The van der Waals surface area contributed by atoms with Gasteiger partial charge in [-0.05, 0) is 36.6 Å². The van der Waals surface area contributed by atoms with Gasteiger partial charge in [0, 0.05) is 36.1 Å². The Balaban J connectivity index is 2.01. The van der Waals surface area contributed by atoms with E-state index >= 15 is 0 Å². The molecule has 0 aliphatic rings. The first-order chi connectivity index (χ1) is 11.2. The van der Waals surface area contributed by atoms with Crippen molar-refractivity contribution in [3.05, 3.63) is 71.1 Å². The predicted octanol–water partition coefficient (Wildman–Crippen LogP) is 3.20. The predicted molar refractivity (Wildman–Crippen MR) is 88.6 cm³/mol.